The van der Waals surface area contributed by atoms with E-state index in [0.29, 0.717) is 30.5 Å². The second-order valence-corrected chi connectivity index (χ2v) is 9.55. The molecule has 0 atom stereocenters. The zero-order valence-electron chi connectivity index (χ0n) is 14.4. The van der Waals surface area contributed by atoms with Gasteiger partial charge < -0.3 is 10.6 Å². The normalized spacial score (nSPS) is 20.6. The molecule has 0 spiro atoms. The molecule has 1 aromatic rings. The Morgan fingerprint density at radius 2 is 1.68 bits per heavy atom. The number of benzene rings is 1. The van der Waals surface area contributed by atoms with Gasteiger partial charge in [0.15, 0.2) is 5.96 Å². The van der Waals surface area contributed by atoms with Crippen molar-refractivity contribution < 1.29 is 8.42 Å². The van der Waals surface area contributed by atoms with Crippen LogP contribution in [0, 0.1) is 0 Å². The van der Waals surface area contributed by atoms with Crippen LogP contribution in [0.15, 0.2) is 34.2 Å². The first-order valence-electron chi connectivity index (χ1n) is 8.79. The maximum absolute atomic E-state index is 12.6. The Morgan fingerprint density at radius 1 is 1.04 bits per heavy atom. The molecular weight excluding hydrogens is 356 g/mol. The molecule has 6 nitrogen and oxygen atoms in total. The fraction of sp³-hybridized carbons (Fsp3) is 0.588. The lowest BCUT2D eigenvalue weighted by Gasteiger charge is -2.27. The smallest absolute Gasteiger partial charge is 0.243 e. The molecule has 3 rings (SSSR count). The van der Waals surface area contributed by atoms with Gasteiger partial charge in [0.1, 0.15) is 0 Å². The van der Waals surface area contributed by atoms with E-state index in [1.165, 1.54) is 0 Å². The first-order valence-corrected chi connectivity index (χ1v) is 11.4. The lowest BCUT2D eigenvalue weighted by atomic mass is 10.2. The van der Waals surface area contributed by atoms with Gasteiger partial charge in [0.2, 0.25) is 10.0 Å². The Morgan fingerprint density at radius 3 is 2.32 bits per heavy atom. The number of nitrogens with two attached hydrogens (primary N) is 1. The van der Waals surface area contributed by atoms with Crippen molar-refractivity contribution in [3.05, 3.63) is 29.8 Å². The van der Waals surface area contributed by atoms with E-state index < -0.39 is 10.0 Å². The van der Waals surface area contributed by atoms with E-state index in [0.717, 1.165) is 49.4 Å². The van der Waals surface area contributed by atoms with E-state index in [1.807, 2.05) is 23.9 Å². The lowest BCUT2D eigenvalue weighted by Crippen LogP contribution is -2.42. The summed E-state index contributed by atoms with van der Waals surface area (Å²) < 4.78 is 26.9. The van der Waals surface area contributed by atoms with Crippen LogP contribution in [0.2, 0.25) is 0 Å². The van der Waals surface area contributed by atoms with Crippen molar-refractivity contribution in [3.63, 3.8) is 0 Å². The first-order chi connectivity index (χ1) is 12.1. The molecule has 2 aliphatic heterocycles. The second kappa shape index (κ2) is 8.42. The molecule has 25 heavy (non-hydrogen) atoms. The van der Waals surface area contributed by atoms with Crippen LogP contribution in [-0.2, 0) is 16.6 Å². The summed E-state index contributed by atoms with van der Waals surface area (Å²) in [5.74, 6) is 2.74. The quantitative estimate of drug-likeness (QED) is 0.634. The second-order valence-electron chi connectivity index (χ2n) is 6.38. The molecule has 2 N–H and O–H groups in total. The van der Waals surface area contributed by atoms with Crippen LogP contribution in [0.4, 0.5) is 0 Å². The molecule has 2 aliphatic rings. The minimum Gasteiger partial charge on any atom is -0.370 e. The third-order valence-electron chi connectivity index (χ3n) is 4.63. The highest BCUT2D eigenvalue weighted by molar-refractivity contribution is 7.99. The summed E-state index contributed by atoms with van der Waals surface area (Å²) >= 11 is 1.93. The Labute approximate surface area is 154 Å². The van der Waals surface area contributed by atoms with Crippen LogP contribution in [-0.4, -0.2) is 61.3 Å². The molecule has 138 valence electrons. The average molecular weight is 383 g/mol. The number of aliphatic imine (C=N–C) groups is 1. The standard InChI is InChI=1S/C17H26N4O2S2/c18-17(20-10-12-24-13-11-20)19-14-15-4-6-16(7-5-15)25(22,23)21-8-2-1-3-9-21/h4-7H,1-3,8-14H2,(H2,18,19). The predicted molar refractivity (Wildman–Crippen MR) is 103 cm³/mol. The average Bonchev–Trinajstić information content (AvgIpc) is 2.68. The molecule has 0 aromatic heterocycles. The topological polar surface area (TPSA) is 79.0 Å². The SMILES string of the molecule is NC(=NCc1ccc(S(=O)(=O)N2CCCCC2)cc1)N1CCSCC1. The predicted octanol–water partition coefficient (Wildman–Crippen LogP) is 1.72. The van der Waals surface area contributed by atoms with E-state index in [1.54, 1.807) is 16.4 Å². The molecule has 2 heterocycles. The van der Waals surface area contributed by atoms with E-state index >= 15 is 0 Å². The molecule has 8 heteroatoms. The van der Waals surface area contributed by atoms with Gasteiger partial charge in [-0.05, 0) is 30.5 Å². The van der Waals surface area contributed by atoms with Crippen molar-refractivity contribution >= 4 is 27.7 Å². The minimum absolute atomic E-state index is 0.364. The summed E-state index contributed by atoms with van der Waals surface area (Å²) in [7, 11) is -3.36. The highest BCUT2D eigenvalue weighted by atomic mass is 32.2. The van der Waals surface area contributed by atoms with Crippen LogP contribution < -0.4 is 5.73 Å². The van der Waals surface area contributed by atoms with Crippen LogP contribution in [0.25, 0.3) is 0 Å². The van der Waals surface area contributed by atoms with Crippen molar-refractivity contribution in [2.75, 3.05) is 37.7 Å². The van der Waals surface area contributed by atoms with Crippen molar-refractivity contribution in [2.45, 2.75) is 30.7 Å². The van der Waals surface area contributed by atoms with E-state index in [9.17, 15) is 8.42 Å². The number of nitrogens with zero attached hydrogens (tertiary/aromatic N) is 3. The largest absolute Gasteiger partial charge is 0.370 e. The van der Waals surface area contributed by atoms with Gasteiger partial charge in [-0.15, -0.1) is 0 Å². The van der Waals surface area contributed by atoms with Gasteiger partial charge in [0.25, 0.3) is 0 Å². The maximum Gasteiger partial charge on any atom is 0.243 e. The van der Waals surface area contributed by atoms with Gasteiger partial charge in [0.05, 0.1) is 11.4 Å². The fourth-order valence-corrected chi connectivity index (χ4v) is 5.51. The summed E-state index contributed by atoms with van der Waals surface area (Å²) in [5, 5.41) is 0. The number of piperidine rings is 1. The van der Waals surface area contributed by atoms with Crippen molar-refractivity contribution in [1.29, 1.82) is 0 Å². The highest BCUT2D eigenvalue weighted by Crippen LogP contribution is 2.21. The van der Waals surface area contributed by atoms with Gasteiger partial charge in [-0.1, -0.05) is 18.6 Å². The first kappa shape index (κ1) is 18.5. The third-order valence-corrected chi connectivity index (χ3v) is 7.49. The maximum atomic E-state index is 12.6. The summed E-state index contributed by atoms with van der Waals surface area (Å²) in [6.07, 6.45) is 3.00. The number of sulfonamides is 1. The summed E-state index contributed by atoms with van der Waals surface area (Å²) in [6, 6.07) is 7.03. The van der Waals surface area contributed by atoms with Crippen molar-refractivity contribution in [3.8, 4) is 0 Å². The minimum atomic E-state index is -3.36. The van der Waals surface area contributed by atoms with Crippen LogP contribution in [0.3, 0.4) is 0 Å². The van der Waals surface area contributed by atoms with Gasteiger partial charge in [-0.2, -0.15) is 16.1 Å². The van der Waals surface area contributed by atoms with Gasteiger partial charge in [-0.25, -0.2) is 13.4 Å². The van der Waals surface area contributed by atoms with E-state index in [4.69, 9.17) is 5.73 Å². The molecule has 0 aliphatic carbocycles. The number of rotatable bonds is 4. The van der Waals surface area contributed by atoms with Gasteiger partial charge in [0, 0.05) is 37.7 Å². The molecular formula is C17H26N4O2S2. The Bertz CT molecular complexity index is 692. The molecule has 2 saturated heterocycles. The number of thioether (sulfide) groups is 1. The zero-order valence-corrected chi connectivity index (χ0v) is 16.1. The summed E-state index contributed by atoms with van der Waals surface area (Å²) in [6.45, 7) is 3.59. The number of hydrogen-bond acceptors (Lipinski definition) is 4. The van der Waals surface area contributed by atoms with Crippen molar-refractivity contribution in [2.24, 2.45) is 10.7 Å². The summed E-state index contributed by atoms with van der Waals surface area (Å²) in [5.41, 5.74) is 7.02. The molecule has 0 unspecified atom stereocenters. The van der Waals surface area contributed by atoms with Gasteiger partial charge >= 0.3 is 0 Å². The third kappa shape index (κ3) is 4.68. The van der Waals surface area contributed by atoms with Crippen LogP contribution in [0.1, 0.15) is 24.8 Å². The number of guanidine groups is 1. The Hall–Kier alpha value is -1.25. The van der Waals surface area contributed by atoms with E-state index in [2.05, 4.69) is 9.89 Å². The highest BCUT2D eigenvalue weighted by Gasteiger charge is 2.25. The van der Waals surface area contributed by atoms with Gasteiger partial charge in [-0.3, -0.25) is 0 Å². The summed E-state index contributed by atoms with van der Waals surface area (Å²) in [4.78, 5) is 6.92. The van der Waals surface area contributed by atoms with E-state index in [-0.39, 0.29) is 0 Å². The fourth-order valence-electron chi connectivity index (χ4n) is 3.09. The molecule has 1 aromatic carbocycles. The molecule has 0 bridgehead atoms. The van der Waals surface area contributed by atoms with Crippen LogP contribution in [0.5, 0.6) is 0 Å². The lowest BCUT2D eigenvalue weighted by molar-refractivity contribution is 0.346. The Kier molecular flexibility index (Phi) is 6.24. The molecule has 0 saturated carbocycles. The molecule has 2 fully saturated rings. The zero-order chi connectivity index (χ0) is 17.7. The van der Waals surface area contributed by atoms with Crippen molar-refractivity contribution in [1.82, 2.24) is 9.21 Å². The Balaban J connectivity index is 1.63. The number of hydrogen-bond donors (Lipinski definition) is 1. The molecule has 0 radical (unpaired) electrons. The van der Waals surface area contributed by atoms with Crippen LogP contribution >= 0.6 is 11.8 Å². The molecule has 0 amide bonds. The monoisotopic (exact) mass is 382 g/mol.